The Kier molecular flexibility index (Phi) is 9.53. The average Bonchev–Trinajstić information content (AvgIpc) is 3.76. The van der Waals surface area contributed by atoms with E-state index in [0.717, 1.165) is 72.4 Å². The number of likely N-dealkylation sites (tertiary alicyclic amines) is 1. The second-order valence-corrected chi connectivity index (χ2v) is 16.3. The van der Waals surface area contributed by atoms with Crippen LogP contribution in [0.2, 0.25) is 0 Å². The maximum atomic E-state index is 13.8. The summed E-state index contributed by atoms with van der Waals surface area (Å²) >= 11 is 0. The Hall–Kier alpha value is -6.62. The van der Waals surface area contributed by atoms with Crippen molar-refractivity contribution < 1.29 is 28.7 Å². The van der Waals surface area contributed by atoms with E-state index >= 15 is 0 Å². The van der Waals surface area contributed by atoms with Crippen LogP contribution in [0, 0.1) is 5.92 Å². The lowest BCUT2D eigenvalue weighted by Crippen LogP contribution is -2.64. The molecule has 17 heteroatoms. The van der Waals surface area contributed by atoms with E-state index < -0.39 is 29.7 Å². The van der Waals surface area contributed by atoms with Crippen LogP contribution in [0.3, 0.4) is 0 Å². The number of amides is 6. The van der Waals surface area contributed by atoms with E-state index in [2.05, 4.69) is 25.1 Å². The molecule has 3 aromatic carbocycles. The van der Waals surface area contributed by atoms with Gasteiger partial charge in [-0.1, -0.05) is 18.2 Å². The summed E-state index contributed by atoms with van der Waals surface area (Å²) in [5.74, 6) is -0.331. The number of nitrogens with zero attached hydrogens (tertiary/aromatic N) is 9. The molecule has 0 aliphatic carbocycles. The fourth-order valence-electron chi connectivity index (χ4n) is 9.44. The molecular weight excluding hydrogens is 767 g/mol. The quantitative estimate of drug-likeness (QED) is 0.335. The van der Waals surface area contributed by atoms with Crippen LogP contribution in [-0.4, -0.2) is 149 Å². The minimum Gasteiger partial charge on any atom is -0.457 e. The Balaban J connectivity index is 0.710. The number of nitrogens with two attached hydrogens (primary N) is 1. The molecule has 4 saturated heterocycles. The van der Waals surface area contributed by atoms with Crippen LogP contribution in [-0.2, 0) is 9.59 Å². The zero-order valence-corrected chi connectivity index (χ0v) is 32.9. The van der Waals surface area contributed by atoms with Gasteiger partial charge in [0.15, 0.2) is 6.17 Å². The van der Waals surface area contributed by atoms with Crippen LogP contribution in [0.5, 0.6) is 11.5 Å². The van der Waals surface area contributed by atoms with Crippen molar-refractivity contribution >= 4 is 53.2 Å². The van der Waals surface area contributed by atoms with Crippen LogP contribution in [0.4, 0.5) is 10.5 Å². The number of nitrogens with one attached hydrogen (secondary N) is 1. The summed E-state index contributed by atoms with van der Waals surface area (Å²) in [6, 6.07) is 22.2. The molecule has 60 heavy (non-hydrogen) atoms. The summed E-state index contributed by atoms with van der Waals surface area (Å²) in [6.45, 7) is 5.60. The van der Waals surface area contributed by atoms with Crippen LogP contribution in [0.1, 0.15) is 52.0 Å². The third kappa shape index (κ3) is 6.71. The smallest absolute Gasteiger partial charge is 0.320 e. The van der Waals surface area contributed by atoms with E-state index in [9.17, 15) is 24.0 Å². The van der Waals surface area contributed by atoms with Crippen molar-refractivity contribution in [3.63, 3.8) is 0 Å². The van der Waals surface area contributed by atoms with Crippen molar-refractivity contribution in [1.29, 1.82) is 0 Å². The molecule has 7 aliphatic heterocycles. The third-order valence-corrected chi connectivity index (χ3v) is 12.8. The summed E-state index contributed by atoms with van der Waals surface area (Å²) in [6.07, 6.45) is 2.96. The summed E-state index contributed by atoms with van der Waals surface area (Å²) < 4.78 is 6.00. The van der Waals surface area contributed by atoms with Crippen molar-refractivity contribution in [2.45, 2.75) is 50.0 Å². The Morgan fingerprint density at radius 3 is 2.20 bits per heavy atom. The Morgan fingerprint density at radius 1 is 0.767 bits per heavy atom. The first kappa shape index (κ1) is 37.6. The van der Waals surface area contributed by atoms with Crippen molar-refractivity contribution in [2.24, 2.45) is 26.7 Å². The summed E-state index contributed by atoms with van der Waals surface area (Å²) in [7, 11) is 0. The number of ether oxygens (including phenoxy) is 1. The first-order valence-electron chi connectivity index (χ1n) is 20.6. The number of piperazine rings is 1. The van der Waals surface area contributed by atoms with E-state index in [1.54, 1.807) is 12.1 Å². The third-order valence-electron chi connectivity index (χ3n) is 12.8. The zero-order chi connectivity index (χ0) is 41.1. The number of amidine groups is 1. The van der Waals surface area contributed by atoms with Gasteiger partial charge in [0.1, 0.15) is 35.6 Å². The summed E-state index contributed by atoms with van der Waals surface area (Å²) in [5.41, 5.74) is 9.62. The lowest BCUT2D eigenvalue weighted by Gasteiger charge is -2.49. The monoisotopic (exact) mass is 811 g/mol. The molecule has 0 aromatic heterocycles. The number of anilines is 1. The summed E-state index contributed by atoms with van der Waals surface area (Å²) in [4.78, 5) is 82.8. The largest absolute Gasteiger partial charge is 0.457 e. The van der Waals surface area contributed by atoms with Crippen molar-refractivity contribution in [2.75, 3.05) is 57.3 Å². The number of hydrogen-bond donors (Lipinski definition) is 2. The highest BCUT2D eigenvalue weighted by molar-refractivity contribution is 6.24. The average molecular weight is 812 g/mol. The SMILES string of the molecule is NC1=NC=NC2C1C(c1ccc(Oc3ccccc3)cc1)=NN2C1CCN(C(=O)N2CCN(C3CN(c4ccc5c(c4)C(=O)N(C4CCC(=O)NC4=O)C5=O)C3)CC2)CC1. The van der Waals surface area contributed by atoms with Crippen molar-refractivity contribution in [3.05, 3.63) is 89.5 Å². The molecule has 3 N–H and O–H groups in total. The van der Waals surface area contributed by atoms with Crippen LogP contribution >= 0.6 is 0 Å². The molecule has 0 saturated carbocycles. The second kappa shape index (κ2) is 15.2. The highest BCUT2D eigenvalue weighted by atomic mass is 16.5. The zero-order valence-electron chi connectivity index (χ0n) is 32.9. The number of fused-ring (bicyclic) bond motifs is 2. The molecular formula is C43H45N11O6. The van der Waals surface area contributed by atoms with Gasteiger partial charge in [0, 0.05) is 70.5 Å². The lowest BCUT2D eigenvalue weighted by atomic mass is 9.92. The van der Waals surface area contributed by atoms with Crippen molar-refractivity contribution in [1.82, 2.24) is 29.9 Å². The minimum absolute atomic E-state index is 0.0698. The number of imide groups is 2. The highest BCUT2D eigenvalue weighted by Gasteiger charge is 2.47. The van der Waals surface area contributed by atoms with Gasteiger partial charge in [0.2, 0.25) is 11.8 Å². The molecule has 3 atom stereocenters. The Morgan fingerprint density at radius 2 is 1.47 bits per heavy atom. The number of benzene rings is 3. The van der Waals surface area contributed by atoms with E-state index in [0.29, 0.717) is 38.1 Å². The van der Waals surface area contributed by atoms with E-state index in [4.69, 9.17) is 20.6 Å². The minimum atomic E-state index is -0.990. The molecule has 3 unspecified atom stereocenters. The number of hydrogen-bond acceptors (Lipinski definition) is 13. The van der Waals surface area contributed by atoms with E-state index in [1.165, 1.54) is 6.34 Å². The number of para-hydroxylation sites is 1. The maximum absolute atomic E-state index is 13.8. The van der Waals surface area contributed by atoms with Gasteiger partial charge in [-0.25, -0.2) is 14.8 Å². The van der Waals surface area contributed by atoms with Gasteiger partial charge in [0.25, 0.3) is 11.8 Å². The molecule has 10 rings (SSSR count). The lowest BCUT2D eigenvalue weighted by molar-refractivity contribution is -0.136. The molecule has 0 bridgehead atoms. The number of hydrazone groups is 1. The van der Waals surface area contributed by atoms with Crippen LogP contribution < -0.4 is 20.7 Å². The summed E-state index contributed by atoms with van der Waals surface area (Å²) in [5, 5.41) is 9.43. The number of piperidine rings is 2. The van der Waals surface area contributed by atoms with Gasteiger partial charge < -0.3 is 25.2 Å². The van der Waals surface area contributed by atoms with Gasteiger partial charge in [-0.3, -0.25) is 39.3 Å². The first-order valence-corrected chi connectivity index (χ1v) is 20.6. The van der Waals surface area contributed by atoms with Crippen molar-refractivity contribution in [3.8, 4) is 11.5 Å². The van der Waals surface area contributed by atoms with Crippen LogP contribution in [0.25, 0.3) is 0 Å². The van der Waals surface area contributed by atoms with E-state index in [1.807, 2.05) is 70.5 Å². The topological polar surface area (TPSA) is 189 Å². The van der Waals surface area contributed by atoms with Gasteiger partial charge >= 0.3 is 6.03 Å². The van der Waals surface area contributed by atoms with E-state index in [-0.39, 0.29) is 48.1 Å². The number of carbonyl (C=O) groups excluding carboxylic acids is 5. The molecule has 308 valence electrons. The second-order valence-electron chi connectivity index (χ2n) is 16.3. The Labute approximate surface area is 346 Å². The predicted molar refractivity (Wildman–Crippen MR) is 221 cm³/mol. The normalized spacial score (nSPS) is 24.9. The molecule has 17 nitrogen and oxygen atoms in total. The molecule has 6 amide bonds. The standard InChI is InChI=1S/C43H45N11O6/c44-38-36-37(26-6-9-31(10-7-26)60-30-4-2-1-3-5-30)48-54(39(36)46-25-45-38)27-14-16-50(17-15-27)43(59)51-20-18-49(19-21-51)29-23-52(24-29)28-8-11-32-33(22-28)42(58)53(41(32)57)34-12-13-35(55)47-40(34)56/h1-11,22,25,27,29,34,36,39H,12-21,23-24H2,(H2,44,45,46)(H,47,55,56). The van der Waals surface area contributed by atoms with Gasteiger partial charge in [-0.05, 0) is 79.4 Å². The predicted octanol–water partition coefficient (Wildman–Crippen LogP) is 2.33. The molecule has 0 spiro atoms. The fraction of sp³-hybridized carbons (Fsp3) is 0.395. The number of rotatable bonds is 7. The van der Waals surface area contributed by atoms with Crippen LogP contribution in [0.15, 0.2) is 87.9 Å². The fourth-order valence-corrected chi connectivity index (χ4v) is 9.44. The highest BCUT2D eigenvalue weighted by Crippen LogP contribution is 2.36. The molecule has 3 aromatic rings. The van der Waals surface area contributed by atoms with Gasteiger partial charge in [-0.2, -0.15) is 5.10 Å². The molecule has 0 radical (unpaired) electrons. The number of carbonyl (C=O) groups is 5. The maximum Gasteiger partial charge on any atom is 0.320 e. The first-order chi connectivity index (χ1) is 29.2. The molecule has 7 aliphatic rings. The number of aliphatic imine (C=N–C) groups is 2. The Bertz CT molecular complexity index is 2330. The van der Waals surface area contributed by atoms with Gasteiger partial charge in [0.05, 0.1) is 22.9 Å². The van der Waals surface area contributed by atoms with Gasteiger partial charge in [-0.15, -0.1) is 0 Å². The molecule has 7 heterocycles. The number of urea groups is 1. The molecule has 4 fully saturated rings.